The Morgan fingerprint density at radius 3 is 2.59 bits per heavy atom. The number of nitrogens with zero attached hydrogens (tertiary/aromatic N) is 1. The van der Waals surface area contributed by atoms with Crippen molar-refractivity contribution in [3.8, 4) is 12.3 Å². The summed E-state index contributed by atoms with van der Waals surface area (Å²) in [5.74, 6) is 2.75. The molecule has 0 heterocycles. The molecule has 2 amide bonds. The fraction of sp³-hybridized carbons (Fsp3) is 0.742. The summed E-state index contributed by atoms with van der Waals surface area (Å²) in [4.78, 5) is 41.5. The number of fused-ring (bicyclic) bond motifs is 5. The molecule has 4 aliphatic carbocycles. The van der Waals surface area contributed by atoms with E-state index >= 15 is 0 Å². The second-order valence-corrected chi connectivity index (χ2v) is 13.8. The summed E-state index contributed by atoms with van der Waals surface area (Å²) in [7, 11) is 0. The summed E-state index contributed by atoms with van der Waals surface area (Å²) in [5, 5.41) is 29.8. The summed E-state index contributed by atoms with van der Waals surface area (Å²) >= 11 is 1.50. The number of aliphatic carboxylic acids is 1. The van der Waals surface area contributed by atoms with Gasteiger partial charge in [0.15, 0.2) is 6.61 Å². The van der Waals surface area contributed by atoms with Crippen molar-refractivity contribution in [1.82, 2.24) is 10.6 Å². The molecule has 0 saturated heterocycles. The maximum Gasteiger partial charge on any atom is 0.326 e. The zero-order chi connectivity index (χ0) is 30.0. The van der Waals surface area contributed by atoms with Gasteiger partial charge in [0.1, 0.15) is 17.7 Å². The summed E-state index contributed by atoms with van der Waals surface area (Å²) in [6.07, 6.45) is 17.6. The molecule has 0 aliphatic heterocycles. The maximum absolute atomic E-state index is 12.4. The lowest BCUT2D eigenvalue weighted by molar-refractivity contribution is -0.142. The number of terminal acetylenes is 1. The predicted molar refractivity (Wildman–Crippen MR) is 159 cm³/mol. The number of oxime groups is 1. The van der Waals surface area contributed by atoms with Crippen LogP contribution in [-0.2, 0) is 19.2 Å². The molecule has 8 atom stereocenters. The molecular formula is C31H45N3O6S. The van der Waals surface area contributed by atoms with Crippen LogP contribution >= 0.6 is 11.8 Å². The Morgan fingerprint density at radius 2 is 1.90 bits per heavy atom. The molecule has 4 aliphatic rings. The number of carboxylic acid groups (broad SMARTS) is 1. The number of carbonyl (C=O) groups excluding carboxylic acids is 2. The van der Waals surface area contributed by atoms with E-state index in [0.717, 1.165) is 50.7 Å². The maximum atomic E-state index is 12.4. The van der Waals surface area contributed by atoms with Gasteiger partial charge in [-0.2, -0.15) is 11.8 Å². The Hall–Kier alpha value is -2.51. The van der Waals surface area contributed by atoms with Crippen molar-refractivity contribution in [2.24, 2.45) is 33.7 Å². The zero-order valence-electron chi connectivity index (χ0n) is 24.7. The molecule has 0 aromatic carbocycles. The van der Waals surface area contributed by atoms with E-state index in [-0.39, 0.29) is 17.4 Å². The number of hydrogen-bond acceptors (Lipinski definition) is 7. The minimum Gasteiger partial charge on any atom is -0.480 e. The largest absolute Gasteiger partial charge is 0.480 e. The monoisotopic (exact) mass is 587 g/mol. The van der Waals surface area contributed by atoms with Gasteiger partial charge in [-0.05, 0) is 106 Å². The van der Waals surface area contributed by atoms with Crippen molar-refractivity contribution in [2.45, 2.75) is 96.2 Å². The van der Waals surface area contributed by atoms with Crippen LogP contribution in [0.3, 0.4) is 0 Å². The minimum atomic E-state index is -1.10. The number of aliphatic hydroxyl groups is 1. The molecule has 3 saturated carbocycles. The molecule has 10 heteroatoms. The molecule has 0 unspecified atom stereocenters. The van der Waals surface area contributed by atoms with Crippen LogP contribution in [0, 0.1) is 40.9 Å². The van der Waals surface area contributed by atoms with Crippen LogP contribution in [0.2, 0.25) is 0 Å². The van der Waals surface area contributed by atoms with Gasteiger partial charge < -0.3 is 25.7 Å². The summed E-state index contributed by atoms with van der Waals surface area (Å²) in [5.41, 5.74) is 1.09. The number of nitrogens with one attached hydrogen (secondary N) is 2. The summed E-state index contributed by atoms with van der Waals surface area (Å²) in [6, 6.07) is -1.91. The van der Waals surface area contributed by atoms with Crippen molar-refractivity contribution in [3.05, 3.63) is 11.6 Å². The quantitative estimate of drug-likeness (QED) is 0.227. The number of carboxylic acids is 1. The van der Waals surface area contributed by atoms with Crippen LogP contribution in [0.25, 0.3) is 0 Å². The second kappa shape index (κ2) is 12.4. The van der Waals surface area contributed by atoms with Gasteiger partial charge in [0.25, 0.3) is 5.91 Å². The molecule has 3 fully saturated rings. The van der Waals surface area contributed by atoms with Crippen LogP contribution in [-0.4, -0.2) is 70.0 Å². The lowest BCUT2D eigenvalue weighted by Crippen LogP contribution is -2.54. The molecule has 226 valence electrons. The van der Waals surface area contributed by atoms with Crippen molar-refractivity contribution >= 4 is 35.3 Å². The Bertz CT molecular complexity index is 1150. The molecular weight excluding hydrogens is 542 g/mol. The van der Waals surface area contributed by atoms with Crippen LogP contribution < -0.4 is 10.6 Å². The van der Waals surface area contributed by atoms with Gasteiger partial charge >= 0.3 is 5.97 Å². The second-order valence-electron chi connectivity index (χ2n) is 12.8. The lowest BCUT2D eigenvalue weighted by atomic mass is 9.46. The molecule has 41 heavy (non-hydrogen) atoms. The first-order valence-corrected chi connectivity index (χ1v) is 16.2. The van der Waals surface area contributed by atoms with E-state index in [4.69, 9.17) is 11.3 Å². The van der Waals surface area contributed by atoms with E-state index in [0.29, 0.717) is 36.3 Å². The highest BCUT2D eigenvalue weighted by Gasteiger charge is 2.63. The standard InChI is InChI=1S/C31H45N3O6S/c1-6-31(39)15-11-24-22-8-7-20-17-21(9-13-29(20,3)23(22)10-14-30(24,31)4)34-40-18-26(35)32-19(2)27(36)33-25(28(37)38)12-16-41-5/h1,17,19,22-25,39H,7-16,18H2,2-5H3,(H,32,35)(H,33,36)(H,37,38)/b34-21-/t19-,22-,23-,24-,25+,29+,30+,31+/m1/s1. The van der Waals surface area contributed by atoms with E-state index in [1.54, 1.807) is 0 Å². The van der Waals surface area contributed by atoms with Crippen molar-refractivity contribution < 1.29 is 29.4 Å². The van der Waals surface area contributed by atoms with Crippen LogP contribution in [0.5, 0.6) is 0 Å². The molecule has 0 aromatic rings. The van der Waals surface area contributed by atoms with Gasteiger partial charge in [-0.15, -0.1) is 6.42 Å². The third-order valence-electron chi connectivity index (χ3n) is 10.7. The molecule has 9 nitrogen and oxygen atoms in total. The van der Waals surface area contributed by atoms with Gasteiger partial charge in [-0.3, -0.25) is 9.59 Å². The normalized spacial score (nSPS) is 36.4. The third kappa shape index (κ3) is 6.03. The van der Waals surface area contributed by atoms with Gasteiger partial charge in [0.05, 0.1) is 5.71 Å². The minimum absolute atomic E-state index is 0.0872. The highest BCUT2D eigenvalue weighted by molar-refractivity contribution is 7.98. The van der Waals surface area contributed by atoms with Crippen molar-refractivity contribution in [1.29, 1.82) is 0 Å². The third-order valence-corrected chi connectivity index (χ3v) is 11.4. The fourth-order valence-corrected chi connectivity index (χ4v) is 8.68. The predicted octanol–water partition coefficient (Wildman–Crippen LogP) is 3.51. The highest BCUT2D eigenvalue weighted by Crippen LogP contribution is 2.67. The zero-order valence-corrected chi connectivity index (χ0v) is 25.5. The average molecular weight is 588 g/mol. The van der Waals surface area contributed by atoms with Crippen molar-refractivity contribution in [3.63, 3.8) is 0 Å². The summed E-state index contributed by atoms with van der Waals surface area (Å²) < 4.78 is 0. The SMILES string of the molecule is C#C[C@]1(O)CC[C@@H]2[C@@H]3CCC4=C/C(=N\OCC(=O)N[C@H](C)C(=O)N[C@@H](CCSC)C(=O)O)CC[C@]4(C)[C@@H]3CC[C@@]21C. The van der Waals surface area contributed by atoms with E-state index in [9.17, 15) is 24.6 Å². The first-order valence-electron chi connectivity index (χ1n) is 14.8. The average Bonchev–Trinajstić information content (AvgIpc) is 3.21. The Kier molecular flexibility index (Phi) is 9.49. The number of amides is 2. The van der Waals surface area contributed by atoms with Gasteiger partial charge in [0, 0.05) is 5.41 Å². The van der Waals surface area contributed by atoms with E-state index < -0.39 is 35.5 Å². The number of rotatable bonds is 10. The highest BCUT2D eigenvalue weighted by atomic mass is 32.2. The van der Waals surface area contributed by atoms with Crippen molar-refractivity contribution in [2.75, 3.05) is 18.6 Å². The molecule has 0 aromatic heterocycles. The summed E-state index contributed by atoms with van der Waals surface area (Å²) in [6.45, 7) is 5.76. The van der Waals surface area contributed by atoms with E-state index in [2.05, 4.69) is 41.6 Å². The van der Waals surface area contributed by atoms with Crippen LogP contribution in [0.4, 0.5) is 0 Å². The van der Waals surface area contributed by atoms with Gasteiger partial charge in [0.2, 0.25) is 5.91 Å². The number of allylic oxidation sites excluding steroid dienone is 2. The molecule has 4 N–H and O–H groups in total. The topological polar surface area (TPSA) is 137 Å². The molecule has 0 spiro atoms. The number of hydrogen-bond donors (Lipinski definition) is 4. The Balaban J connectivity index is 1.31. The number of carbonyl (C=O) groups is 3. The van der Waals surface area contributed by atoms with E-state index in [1.165, 1.54) is 24.3 Å². The van der Waals surface area contributed by atoms with Gasteiger partial charge in [-0.25, -0.2) is 4.79 Å². The first kappa shape index (κ1) is 31.4. The Morgan fingerprint density at radius 1 is 1.17 bits per heavy atom. The first-order chi connectivity index (χ1) is 19.4. The van der Waals surface area contributed by atoms with E-state index in [1.807, 2.05) is 6.26 Å². The number of thioether (sulfide) groups is 1. The fourth-order valence-electron chi connectivity index (χ4n) is 8.21. The van der Waals surface area contributed by atoms with Crippen LogP contribution in [0.15, 0.2) is 16.8 Å². The molecule has 0 radical (unpaired) electrons. The van der Waals surface area contributed by atoms with Crippen LogP contribution in [0.1, 0.15) is 78.6 Å². The molecule has 0 bridgehead atoms. The molecule has 4 rings (SSSR count). The lowest BCUT2D eigenvalue weighted by Gasteiger charge is -2.58. The Labute approximate surface area is 247 Å². The smallest absolute Gasteiger partial charge is 0.326 e. The van der Waals surface area contributed by atoms with Gasteiger partial charge in [-0.1, -0.05) is 30.5 Å².